The number of anilines is 1. The molecule has 0 saturated heterocycles. The number of nitrogens with one attached hydrogen (secondary N) is 2. The first kappa shape index (κ1) is 17.6. The van der Waals surface area contributed by atoms with Crippen molar-refractivity contribution < 1.29 is 22.5 Å². The van der Waals surface area contributed by atoms with E-state index in [1.165, 1.54) is 0 Å². The second kappa shape index (κ2) is 6.58. The average molecular weight is 376 g/mol. The predicted octanol–water partition coefficient (Wildman–Crippen LogP) is 3.09. The monoisotopic (exact) mass is 376 g/mol. The van der Waals surface area contributed by atoms with Crippen LogP contribution in [0.5, 0.6) is 0 Å². The molecule has 136 valence electrons. The number of carbonyl (C=O) groups excluding carboxylic acids is 1. The second-order valence-corrected chi connectivity index (χ2v) is 6.62. The Morgan fingerprint density at radius 2 is 2.04 bits per heavy atom. The van der Waals surface area contributed by atoms with Crippen molar-refractivity contribution in [2.24, 2.45) is 0 Å². The Bertz CT molecular complexity index is 753. The molecule has 1 fully saturated rings. The van der Waals surface area contributed by atoms with Gasteiger partial charge in [-0.2, -0.15) is 18.2 Å². The van der Waals surface area contributed by atoms with Gasteiger partial charge in [0.2, 0.25) is 16.0 Å². The number of halogens is 3. The fourth-order valence-corrected chi connectivity index (χ4v) is 3.32. The van der Waals surface area contributed by atoms with E-state index in [9.17, 15) is 18.0 Å². The van der Waals surface area contributed by atoms with Gasteiger partial charge in [0.15, 0.2) is 5.82 Å². The van der Waals surface area contributed by atoms with Crippen LogP contribution in [0.1, 0.15) is 49.3 Å². The molecule has 0 radical (unpaired) electrons. The zero-order valence-corrected chi connectivity index (χ0v) is 14.0. The van der Waals surface area contributed by atoms with Gasteiger partial charge in [0.25, 0.3) is 0 Å². The average Bonchev–Trinajstić information content (AvgIpc) is 3.26. The number of urea groups is 1. The summed E-state index contributed by atoms with van der Waals surface area (Å²) in [4.78, 5) is 16.5. The highest BCUT2D eigenvalue weighted by Crippen LogP contribution is 2.37. The van der Waals surface area contributed by atoms with Gasteiger partial charge in [0, 0.05) is 6.42 Å². The Labute approximate surface area is 144 Å². The number of carbonyl (C=O) groups is 1. The summed E-state index contributed by atoms with van der Waals surface area (Å²) in [5.41, 5.74) is -0.793. The third-order valence-electron chi connectivity index (χ3n) is 3.90. The van der Waals surface area contributed by atoms with E-state index in [0.717, 1.165) is 12.8 Å². The van der Waals surface area contributed by atoms with Crippen molar-refractivity contribution in [2.75, 3.05) is 5.32 Å². The van der Waals surface area contributed by atoms with E-state index < -0.39 is 22.8 Å². The quantitative estimate of drug-likeness (QED) is 0.849. The van der Waals surface area contributed by atoms with Crippen molar-refractivity contribution >= 4 is 22.5 Å². The van der Waals surface area contributed by atoms with Crippen LogP contribution in [-0.2, 0) is 18.1 Å². The highest BCUT2D eigenvalue weighted by Gasteiger charge is 2.42. The van der Waals surface area contributed by atoms with Crippen molar-refractivity contribution in [3.05, 3.63) is 16.7 Å². The number of amides is 2. The van der Waals surface area contributed by atoms with Crippen LogP contribution < -0.4 is 10.6 Å². The van der Waals surface area contributed by atoms with Crippen LogP contribution in [0.25, 0.3) is 0 Å². The Morgan fingerprint density at radius 3 is 2.60 bits per heavy atom. The first-order valence-corrected chi connectivity index (χ1v) is 8.47. The van der Waals surface area contributed by atoms with Crippen LogP contribution in [0, 0.1) is 0 Å². The van der Waals surface area contributed by atoms with E-state index in [1.807, 2.05) is 6.92 Å². The number of rotatable bonds is 4. The third kappa shape index (κ3) is 3.72. The number of alkyl halides is 3. The Morgan fingerprint density at radius 1 is 1.32 bits per heavy atom. The number of aryl methyl sites for hydroxylation is 1. The van der Waals surface area contributed by atoms with Gasteiger partial charge in [0.1, 0.15) is 5.54 Å². The Kier molecular flexibility index (Phi) is 4.62. The maximum Gasteiger partial charge on any atom is 0.445 e. The van der Waals surface area contributed by atoms with Gasteiger partial charge >= 0.3 is 12.2 Å². The molecular formula is C13H15F3N6O2S. The summed E-state index contributed by atoms with van der Waals surface area (Å²) in [6.07, 6.45) is -1.05. The first-order chi connectivity index (χ1) is 11.8. The highest BCUT2D eigenvalue weighted by molar-refractivity contribution is 7.15. The summed E-state index contributed by atoms with van der Waals surface area (Å²) in [5, 5.41) is 14.0. The summed E-state index contributed by atoms with van der Waals surface area (Å²) in [7, 11) is 0. The molecule has 1 aliphatic carbocycles. The van der Waals surface area contributed by atoms with E-state index in [1.54, 1.807) is 0 Å². The number of nitrogens with zero attached hydrogens (tertiary/aromatic N) is 4. The SMILES string of the molecule is CCc1nc(C2(NC(=O)Nc3nnc(C(F)(F)F)s3)CCCC2)no1. The molecule has 0 atom stereocenters. The fourth-order valence-electron chi connectivity index (χ4n) is 2.71. The standard InChI is InChI=1S/C13H15F3N6O2S/c1-2-7-17-8(22-24-7)12(5-3-4-6-12)19-10(23)18-11-21-20-9(25-11)13(14,15)16/h2-6H2,1H3,(H2,18,19,21,23). The van der Waals surface area contributed by atoms with Crippen molar-refractivity contribution in [1.29, 1.82) is 0 Å². The molecule has 3 rings (SSSR count). The minimum atomic E-state index is -4.60. The van der Waals surface area contributed by atoms with Crippen LogP contribution in [0.15, 0.2) is 4.52 Å². The van der Waals surface area contributed by atoms with Crippen molar-refractivity contribution in [3.8, 4) is 0 Å². The molecule has 2 heterocycles. The van der Waals surface area contributed by atoms with Crippen LogP contribution in [0.3, 0.4) is 0 Å². The summed E-state index contributed by atoms with van der Waals surface area (Å²) < 4.78 is 42.7. The van der Waals surface area contributed by atoms with Crippen LogP contribution in [0.2, 0.25) is 0 Å². The zero-order valence-electron chi connectivity index (χ0n) is 13.2. The summed E-state index contributed by atoms with van der Waals surface area (Å²) >= 11 is 0.260. The van der Waals surface area contributed by atoms with E-state index >= 15 is 0 Å². The molecule has 0 aliphatic heterocycles. The molecule has 2 N–H and O–H groups in total. The topological polar surface area (TPSA) is 106 Å². The second-order valence-electron chi connectivity index (χ2n) is 5.64. The first-order valence-electron chi connectivity index (χ1n) is 7.65. The van der Waals surface area contributed by atoms with E-state index in [-0.39, 0.29) is 16.5 Å². The Hall–Kier alpha value is -2.24. The third-order valence-corrected chi connectivity index (χ3v) is 4.78. The van der Waals surface area contributed by atoms with Gasteiger partial charge in [-0.15, -0.1) is 10.2 Å². The lowest BCUT2D eigenvalue weighted by Crippen LogP contribution is -2.46. The van der Waals surface area contributed by atoms with E-state index in [2.05, 4.69) is 31.0 Å². The predicted molar refractivity (Wildman–Crippen MR) is 80.9 cm³/mol. The van der Waals surface area contributed by atoms with Crippen LogP contribution >= 0.6 is 11.3 Å². The summed E-state index contributed by atoms with van der Waals surface area (Å²) in [5.74, 6) is 0.840. The van der Waals surface area contributed by atoms with Crippen molar-refractivity contribution in [2.45, 2.75) is 50.7 Å². The Balaban J connectivity index is 1.72. The molecule has 12 heteroatoms. The van der Waals surface area contributed by atoms with Gasteiger partial charge in [-0.3, -0.25) is 5.32 Å². The van der Waals surface area contributed by atoms with Gasteiger partial charge in [0.05, 0.1) is 0 Å². The maximum atomic E-state index is 12.5. The van der Waals surface area contributed by atoms with Crippen LogP contribution in [0.4, 0.5) is 23.1 Å². The molecule has 0 spiro atoms. The number of hydrogen-bond donors (Lipinski definition) is 2. The number of aromatic nitrogens is 4. The summed E-state index contributed by atoms with van der Waals surface area (Å²) in [6, 6.07) is -0.686. The minimum absolute atomic E-state index is 0.236. The zero-order chi connectivity index (χ0) is 18.1. The molecule has 1 saturated carbocycles. The lowest BCUT2D eigenvalue weighted by atomic mass is 9.97. The number of hydrogen-bond acceptors (Lipinski definition) is 7. The molecule has 2 aromatic rings. The van der Waals surface area contributed by atoms with Gasteiger partial charge in [-0.25, -0.2) is 4.79 Å². The molecule has 2 amide bonds. The molecule has 0 aromatic carbocycles. The largest absolute Gasteiger partial charge is 0.445 e. The maximum absolute atomic E-state index is 12.5. The minimum Gasteiger partial charge on any atom is -0.339 e. The van der Waals surface area contributed by atoms with Gasteiger partial charge in [-0.05, 0) is 12.8 Å². The molecule has 0 unspecified atom stereocenters. The lowest BCUT2D eigenvalue weighted by Gasteiger charge is -2.26. The summed E-state index contributed by atoms with van der Waals surface area (Å²) in [6.45, 7) is 1.87. The smallest absolute Gasteiger partial charge is 0.339 e. The molecule has 25 heavy (non-hydrogen) atoms. The van der Waals surface area contributed by atoms with Crippen molar-refractivity contribution in [1.82, 2.24) is 25.7 Å². The van der Waals surface area contributed by atoms with Gasteiger partial charge < -0.3 is 9.84 Å². The molecular weight excluding hydrogens is 361 g/mol. The highest BCUT2D eigenvalue weighted by atomic mass is 32.1. The van der Waals surface area contributed by atoms with E-state index in [4.69, 9.17) is 4.52 Å². The molecule has 1 aliphatic rings. The molecule has 0 bridgehead atoms. The van der Waals surface area contributed by atoms with Crippen LogP contribution in [-0.4, -0.2) is 26.4 Å². The molecule has 8 nitrogen and oxygen atoms in total. The van der Waals surface area contributed by atoms with Crippen molar-refractivity contribution in [3.63, 3.8) is 0 Å². The molecule has 2 aromatic heterocycles. The van der Waals surface area contributed by atoms with E-state index in [0.29, 0.717) is 31.0 Å². The fraction of sp³-hybridized carbons (Fsp3) is 0.615. The van der Waals surface area contributed by atoms with Gasteiger partial charge in [-0.1, -0.05) is 36.3 Å². The normalized spacial score (nSPS) is 16.8. The lowest BCUT2D eigenvalue weighted by molar-refractivity contribution is -0.138.